The summed E-state index contributed by atoms with van der Waals surface area (Å²) in [6.45, 7) is 4.28. The van der Waals surface area contributed by atoms with E-state index in [0.717, 1.165) is 0 Å². The molecule has 0 bridgehead atoms. The smallest absolute Gasteiger partial charge is 0.228 e. The van der Waals surface area contributed by atoms with Crippen LogP contribution in [0.5, 0.6) is 0 Å². The molecule has 0 aliphatic carbocycles. The second-order valence-corrected chi connectivity index (χ2v) is 6.08. The molecule has 5 nitrogen and oxygen atoms in total. The number of hydrogen-bond donors (Lipinski definition) is 0. The van der Waals surface area contributed by atoms with E-state index in [9.17, 15) is 4.79 Å². The van der Waals surface area contributed by atoms with Gasteiger partial charge in [0.15, 0.2) is 5.65 Å². The second-order valence-electron chi connectivity index (χ2n) is 5.24. The van der Waals surface area contributed by atoms with Crippen molar-refractivity contribution in [3.8, 4) is 6.07 Å². The van der Waals surface area contributed by atoms with Crippen molar-refractivity contribution in [2.45, 2.75) is 32.7 Å². The predicted octanol–water partition coefficient (Wildman–Crippen LogP) is 3.33. The van der Waals surface area contributed by atoms with E-state index in [2.05, 4.69) is 11.1 Å². The Morgan fingerprint density at radius 1 is 1.45 bits per heavy atom. The number of halogens is 2. The summed E-state index contributed by atoms with van der Waals surface area (Å²) in [6, 6.07) is 3.71. The number of carbonyl (C=O) groups is 1. The molecule has 2 aromatic heterocycles. The number of rotatable bonds is 5. The maximum atomic E-state index is 12.4. The molecule has 116 valence electrons. The Balaban J connectivity index is 2.20. The van der Waals surface area contributed by atoms with E-state index in [4.69, 9.17) is 28.5 Å². The van der Waals surface area contributed by atoms with Crippen LogP contribution in [0, 0.1) is 11.3 Å². The lowest BCUT2D eigenvalue weighted by molar-refractivity contribution is -0.132. The van der Waals surface area contributed by atoms with E-state index in [-0.39, 0.29) is 18.4 Å². The van der Waals surface area contributed by atoms with Gasteiger partial charge in [0.1, 0.15) is 0 Å². The molecule has 0 radical (unpaired) electrons. The average molecular weight is 339 g/mol. The number of nitriles is 1. The first-order valence-corrected chi connectivity index (χ1v) is 7.67. The van der Waals surface area contributed by atoms with Crippen molar-refractivity contribution >= 4 is 34.8 Å². The zero-order valence-electron chi connectivity index (χ0n) is 12.4. The minimum atomic E-state index is -0.0594. The van der Waals surface area contributed by atoms with Crippen LogP contribution in [0.4, 0.5) is 0 Å². The van der Waals surface area contributed by atoms with Gasteiger partial charge in [-0.25, -0.2) is 4.98 Å². The Morgan fingerprint density at radius 3 is 2.82 bits per heavy atom. The molecule has 0 aromatic carbocycles. The van der Waals surface area contributed by atoms with Gasteiger partial charge in [0.2, 0.25) is 5.91 Å². The molecular weight excluding hydrogens is 323 g/mol. The fourth-order valence-electron chi connectivity index (χ4n) is 2.26. The van der Waals surface area contributed by atoms with E-state index in [1.54, 1.807) is 27.8 Å². The highest BCUT2D eigenvalue weighted by Gasteiger charge is 2.18. The first-order valence-electron chi connectivity index (χ1n) is 6.91. The second kappa shape index (κ2) is 6.99. The summed E-state index contributed by atoms with van der Waals surface area (Å²) in [5, 5.41) is 9.64. The van der Waals surface area contributed by atoms with Crippen LogP contribution in [-0.4, -0.2) is 32.8 Å². The maximum Gasteiger partial charge on any atom is 0.228 e. The molecule has 1 amide bonds. The van der Waals surface area contributed by atoms with Crippen molar-refractivity contribution in [3.05, 3.63) is 34.2 Å². The fraction of sp³-hybridized carbons (Fsp3) is 0.400. The van der Waals surface area contributed by atoms with Gasteiger partial charge in [0, 0.05) is 25.0 Å². The zero-order chi connectivity index (χ0) is 16.3. The van der Waals surface area contributed by atoms with Crippen LogP contribution in [0.1, 0.15) is 26.0 Å². The van der Waals surface area contributed by atoms with Crippen molar-refractivity contribution in [2.75, 3.05) is 6.54 Å². The molecule has 0 saturated heterocycles. The summed E-state index contributed by atoms with van der Waals surface area (Å²) in [5.41, 5.74) is 1.19. The maximum absolute atomic E-state index is 12.4. The number of nitrogens with zero attached hydrogens (tertiary/aromatic N) is 4. The normalized spacial score (nSPS) is 10.9. The van der Waals surface area contributed by atoms with Crippen LogP contribution in [-0.2, 0) is 11.2 Å². The molecule has 0 aliphatic heterocycles. The van der Waals surface area contributed by atoms with Crippen molar-refractivity contribution in [2.24, 2.45) is 0 Å². The van der Waals surface area contributed by atoms with Gasteiger partial charge in [0.05, 0.1) is 34.7 Å². The Labute approximate surface area is 139 Å². The van der Waals surface area contributed by atoms with Gasteiger partial charge in [0.25, 0.3) is 0 Å². The van der Waals surface area contributed by atoms with Gasteiger partial charge in [-0.2, -0.15) is 5.26 Å². The molecule has 0 aliphatic rings. The van der Waals surface area contributed by atoms with Gasteiger partial charge in [-0.05, 0) is 19.9 Å². The molecule has 0 fully saturated rings. The van der Waals surface area contributed by atoms with Crippen LogP contribution in [0.25, 0.3) is 5.65 Å². The topological polar surface area (TPSA) is 61.4 Å². The van der Waals surface area contributed by atoms with Gasteiger partial charge in [-0.15, -0.1) is 0 Å². The third-order valence-corrected chi connectivity index (χ3v) is 3.75. The largest absolute Gasteiger partial charge is 0.339 e. The van der Waals surface area contributed by atoms with Crippen molar-refractivity contribution in [1.82, 2.24) is 14.3 Å². The average Bonchev–Trinajstić information content (AvgIpc) is 2.81. The van der Waals surface area contributed by atoms with Gasteiger partial charge >= 0.3 is 0 Å². The standard InChI is InChI=1S/C15H16Cl2N4O/c1-10(2)21(5-3-4-18)14(22)7-12-9-20-8-11(16)6-13(17)15(20)19-12/h6,8-10H,3,5,7H2,1-2H3. The van der Waals surface area contributed by atoms with Gasteiger partial charge in [-0.1, -0.05) is 23.2 Å². The van der Waals surface area contributed by atoms with Crippen LogP contribution < -0.4 is 0 Å². The number of fused-ring (bicyclic) bond motifs is 1. The van der Waals surface area contributed by atoms with E-state index in [1.165, 1.54) is 0 Å². The summed E-state index contributed by atoms with van der Waals surface area (Å²) < 4.78 is 1.71. The summed E-state index contributed by atoms with van der Waals surface area (Å²) in [5.74, 6) is -0.0594. The molecule has 7 heteroatoms. The minimum absolute atomic E-state index is 0.0379. The van der Waals surface area contributed by atoms with E-state index in [1.807, 2.05) is 13.8 Å². The third-order valence-electron chi connectivity index (χ3n) is 3.26. The molecule has 2 aromatic rings. The quantitative estimate of drug-likeness (QED) is 0.839. The lowest BCUT2D eigenvalue weighted by Gasteiger charge is -2.25. The van der Waals surface area contributed by atoms with Crippen LogP contribution in [0.15, 0.2) is 18.5 Å². The first-order chi connectivity index (χ1) is 10.4. The molecule has 0 spiro atoms. The molecule has 0 N–H and O–H groups in total. The number of pyridine rings is 1. The van der Waals surface area contributed by atoms with Crippen LogP contribution in [0.3, 0.4) is 0 Å². The van der Waals surface area contributed by atoms with Crippen molar-refractivity contribution < 1.29 is 4.79 Å². The van der Waals surface area contributed by atoms with E-state index < -0.39 is 0 Å². The lowest BCUT2D eigenvalue weighted by Crippen LogP contribution is -2.38. The van der Waals surface area contributed by atoms with E-state index in [0.29, 0.717) is 34.4 Å². The zero-order valence-corrected chi connectivity index (χ0v) is 13.9. The monoisotopic (exact) mass is 338 g/mol. The van der Waals surface area contributed by atoms with Crippen LogP contribution in [0.2, 0.25) is 10.0 Å². The Hall–Kier alpha value is -1.77. The highest BCUT2D eigenvalue weighted by molar-refractivity contribution is 6.36. The van der Waals surface area contributed by atoms with Crippen molar-refractivity contribution in [1.29, 1.82) is 5.26 Å². The molecule has 0 atom stereocenters. The Kier molecular flexibility index (Phi) is 5.28. The number of aromatic nitrogens is 2. The Bertz CT molecular complexity index is 733. The highest BCUT2D eigenvalue weighted by Crippen LogP contribution is 2.22. The van der Waals surface area contributed by atoms with Gasteiger partial charge < -0.3 is 9.30 Å². The van der Waals surface area contributed by atoms with E-state index >= 15 is 0 Å². The molecule has 22 heavy (non-hydrogen) atoms. The van der Waals surface area contributed by atoms with Crippen LogP contribution >= 0.6 is 23.2 Å². The molecule has 0 unspecified atom stereocenters. The van der Waals surface area contributed by atoms with Gasteiger partial charge in [-0.3, -0.25) is 4.79 Å². The summed E-state index contributed by atoms with van der Waals surface area (Å²) in [6.07, 6.45) is 3.92. The first kappa shape index (κ1) is 16.6. The van der Waals surface area contributed by atoms with Crippen molar-refractivity contribution in [3.63, 3.8) is 0 Å². The fourth-order valence-corrected chi connectivity index (χ4v) is 2.79. The third kappa shape index (κ3) is 3.70. The molecule has 2 heterocycles. The molecule has 2 rings (SSSR count). The Morgan fingerprint density at radius 2 is 2.18 bits per heavy atom. The number of amides is 1. The summed E-state index contributed by atoms with van der Waals surface area (Å²) in [4.78, 5) is 18.5. The molecule has 0 saturated carbocycles. The number of hydrogen-bond acceptors (Lipinski definition) is 3. The molecular formula is C15H16Cl2N4O. The lowest BCUT2D eigenvalue weighted by atomic mass is 10.2. The summed E-state index contributed by atoms with van der Waals surface area (Å²) in [7, 11) is 0. The summed E-state index contributed by atoms with van der Waals surface area (Å²) >= 11 is 12.0. The SMILES string of the molecule is CC(C)N(CCC#N)C(=O)Cc1cn2cc(Cl)cc(Cl)c2n1. The highest BCUT2D eigenvalue weighted by atomic mass is 35.5. The predicted molar refractivity (Wildman–Crippen MR) is 86.0 cm³/mol. The number of imidazole rings is 1. The number of carbonyl (C=O) groups excluding carboxylic acids is 1. The minimum Gasteiger partial charge on any atom is -0.339 e.